The molecule has 0 aromatic heterocycles. The normalized spacial score (nSPS) is 21.2. The fourth-order valence-electron chi connectivity index (χ4n) is 3.68. The number of carbonyl (C=O) groups excluding carboxylic acids is 2. The predicted molar refractivity (Wildman–Crippen MR) is 96.1 cm³/mol. The molecule has 0 saturated carbocycles. The van der Waals surface area contributed by atoms with E-state index in [1.54, 1.807) is 9.80 Å². The van der Waals surface area contributed by atoms with Crippen molar-refractivity contribution in [3.8, 4) is 6.07 Å². The van der Waals surface area contributed by atoms with E-state index in [1.807, 2.05) is 20.8 Å². The Balaban J connectivity index is 1.93. The van der Waals surface area contributed by atoms with Crippen molar-refractivity contribution < 1.29 is 19.4 Å². The number of aliphatic hydroxyl groups excluding tert-OH is 1. The molecule has 0 unspecified atom stereocenters. The molecule has 2 amide bonds. The Kier molecular flexibility index (Phi) is 6.51. The van der Waals surface area contributed by atoms with Gasteiger partial charge in [0.1, 0.15) is 11.0 Å². The maximum Gasteiger partial charge on any atom is 0.410 e. The van der Waals surface area contributed by atoms with Gasteiger partial charge >= 0.3 is 6.09 Å². The third-order valence-corrected chi connectivity index (χ3v) is 5.33. The number of nitriles is 1. The van der Waals surface area contributed by atoms with Crippen LogP contribution in [0.25, 0.3) is 0 Å². The van der Waals surface area contributed by atoms with Crippen LogP contribution in [0.2, 0.25) is 0 Å². The summed E-state index contributed by atoms with van der Waals surface area (Å²) in [6.07, 6.45) is 2.82. The Bertz CT molecular complexity index is 548. The summed E-state index contributed by atoms with van der Waals surface area (Å²) in [6.45, 7) is 7.63. The van der Waals surface area contributed by atoms with Gasteiger partial charge in [-0.15, -0.1) is 0 Å². The summed E-state index contributed by atoms with van der Waals surface area (Å²) in [6, 6.07) is 2.25. The van der Waals surface area contributed by atoms with E-state index < -0.39 is 11.0 Å². The molecule has 26 heavy (non-hydrogen) atoms. The largest absolute Gasteiger partial charge is 0.444 e. The minimum atomic E-state index is -1.04. The van der Waals surface area contributed by atoms with Crippen LogP contribution in [-0.4, -0.2) is 65.3 Å². The number of hydrogen-bond acceptors (Lipinski definition) is 5. The molecule has 146 valence electrons. The fraction of sp³-hybridized carbons (Fsp3) is 0.842. The van der Waals surface area contributed by atoms with E-state index in [1.165, 1.54) is 0 Å². The lowest BCUT2D eigenvalue weighted by Gasteiger charge is -2.41. The minimum Gasteiger partial charge on any atom is -0.444 e. The molecule has 2 aliphatic rings. The van der Waals surface area contributed by atoms with Crippen molar-refractivity contribution in [2.45, 2.75) is 58.5 Å². The van der Waals surface area contributed by atoms with E-state index in [0.717, 1.165) is 19.3 Å². The van der Waals surface area contributed by atoms with Gasteiger partial charge in [0.2, 0.25) is 5.91 Å². The van der Waals surface area contributed by atoms with Crippen LogP contribution in [0.1, 0.15) is 52.9 Å². The molecular weight excluding hydrogens is 334 g/mol. The standard InChI is InChI=1S/C19H31N3O4/c1-18(2,3)26-17(25)22-11-7-19(14-20,8-12-22)16(24)21-9-4-15(5-10-21)6-13-23/h15,23H,4-13H2,1-3H3. The molecule has 1 N–H and O–H groups in total. The molecule has 2 aliphatic heterocycles. The van der Waals surface area contributed by atoms with E-state index in [-0.39, 0.29) is 18.6 Å². The van der Waals surface area contributed by atoms with Crippen LogP contribution >= 0.6 is 0 Å². The molecule has 0 aromatic carbocycles. The number of ether oxygens (including phenoxy) is 1. The van der Waals surface area contributed by atoms with Gasteiger partial charge in [0.25, 0.3) is 0 Å². The molecule has 7 nitrogen and oxygen atoms in total. The van der Waals surface area contributed by atoms with Gasteiger partial charge in [-0.05, 0) is 58.8 Å². The zero-order chi connectivity index (χ0) is 19.4. The van der Waals surface area contributed by atoms with E-state index in [2.05, 4.69) is 6.07 Å². The summed E-state index contributed by atoms with van der Waals surface area (Å²) in [5, 5.41) is 18.8. The first-order chi connectivity index (χ1) is 12.2. The number of rotatable bonds is 3. The van der Waals surface area contributed by atoms with Crippen LogP contribution < -0.4 is 0 Å². The SMILES string of the molecule is CC(C)(C)OC(=O)N1CCC(C#N)(C(=O)N2CCC(CCO)CC2)CC1. The van der Waals surface area contributed by atoms with E-state index in [0.29, 0.717) is 44.9 Å². The molecule has 2 rings (SSSR count). The number of amides is 2. The van der Waals surface area contributed by atoms with Gasteiger partial charge in [-0.3, -0.25) is 4.79 Å². The summed E-state index contributed by atoms with van der Waals surface area (Å²) < 4.78 is 5.38. The summed E-state index contributed by atoms with van der Waals surface area (Å²) in [5.74, 6) is 0.349. The first-order valence-corrected chi connectivity index (χ1v) is 9.50. The van der Waals surface area contributed by atoms with Crippen molar-refractivity contribution in [3.63, 3.8) is 0 Å². The molecule has 2 fully saturated rings. The van der Waals surface area contributed by atoms with E-state index in [9.17, 15) is 14.9 Å². The van der Waals surface area contributed by atoms with Gasteiger partial charge in [-0.25, -0.2) is 4.79 Å². The van der Waals surface area contributed by atoms with Crippen molar-refractivity contribution in [2.24, 2.45) is 11.3 Å². The first kappa shape index (κ1) is 20.5. The molecule has 0 bridgehead atoms. The Hall–Kier alpha value is -1.81. The molecule has 0 spiro atoms. The molecule has 0 atom stereocenters. The first-order valence-electron chi connectivity index (χ1n) is 9.50. The third-order valence-electron chi connectivity index (χ3n) is 5.33. The quantitative estimate of drug-likeness (QED) is 0.827. The zero-order valence-corrected chi connectivity index (χ0v) is 16.2. The minimum absolute atomic E-state index is 0.105. The van der Waals surface area contributed by atoms with Crippen LogP contribution in [0.3, 0.4) is 0 Å². The number of nitrogens with zero attached hydrogens (tertiary/aromatic N) is 3. The molecule has 0 aliphatic carbocycles. The van der Waals surface area contributed by atoms with Gasteiger partial charge in [-0.1, -0.05) is 0 Å². The van der Waals surface area contributed by atoms with E-state index in [4.69, 9.17) is 9.84 Å². The van der Waals surface area contributed by atoms with Crippen molar-refractivity contribution in [1.29, 1.82) is 5.26 Å². The zero-order valence-electron chi connectivity index (χ0n) is 16.2. The average molecular weight is 365 g/mol. The van der Waals surface area contributed by atoms with Crippen molar-refractivity contribution in [2.75, 3.05) is 32.8 Å². The number of carbonyl (C=O) groups is 2. The van der Waals surface area contributed by atoms with Gasteiger partial charge in [0.05, 0.1) is 6.07 Å². The maximum atomic E-state index is 13.0. The molecular formula is C19H31N3O4. The second-order valence-corrected chi connectivity index (χ2v) is 8.41. The smallest absolute Gasteiger partial charge is 0.410 e. The summed E-state index contributed by atoms with van der Waals surface area (Å²) >= 11 is 0. The van der Waals surface area contributed by atoms with Gasteiger partial charge < -0.3 is 19.6 Å². The van der Waals surface area contributed by atoms with Gasteiger partial charge in [-0.2, -0.15) is 5.26 Å². The van der Waals surface area contributed by atoms with Crippen LogP contribution in [-0.2, 0) is 9.53 Å². The molecule has 2 heterocycles. The lowest BCUT2D eigenvalue weighted by molar-refractivity contribution is -0.142. The third kappa shape index (κ3) is 4.88. The highest BCUT2D eigenvalue weighted by Crippen LogP contribution is 2.35. The molecule has 0 radical (unpaired) electrons. The Morgan fingerprint density at radius 1 is 1.15 bits per heavy atom. The summed E-state index contributed by atoms with van der Waals surface area (Å²) in [5.41, 5.74) is -1.60. The van der Waals surface area contributed by atoms with E-state index >= 15 is 0 Å². The van der Waals surface area contributed by atoms with Crippen molar-refractivity contribution in [3.05, 3.63) is 0 Å². The van der Waals surface area contributed by atoms with Crippen molar-refractivity contribution >= 4 is 12.0 Å². The maximum absolute atomic E-state index is 13.0. The summed E-state index contributed by atoms with van der Waals surface area (Å²) in [4.78, 5) is 28.6. The van der Waals surface area contributed by atoms with Crippen LogP contribution in [0.4, 0.5) is 4.79 Å². The molecule has 2 saturated heterocycles. The Morgan fingerprint density at radius 3 is 2.19 bits per heavy atom. The summed E-state index contributed by atoms with van der Waals surface area (Å²) in [7, 11) is 0. The number of hydrogen-bond donors (Lipinski definition) is 1. The lowest BCUT2D eigenvalue weighted by atomic mass is 9.78. The highest BCUT2D eigenvalue weighted by molar-refractivity contribution is 5.86. The van der Waals surface area contributed by atoms with Crippen LogP contribution in [0, 0.1) is 22.7 Å². The van der Waals surface area contributed by atoms with Gasteiger partial charge in [0, 0.05) is 32.8 Å². The lowest BCUT2D eigenvalue weighted by Crippen LogP contribution is -2.52. The van der Waals surface area contributed by atoms with Crippen LogP contribution in [0.5, 0.6) is 0 Å². The van der Waals surface area contributed by atoms with Crippen molar-refractivity contribution in [1.82, 2.24) is 9.80 Å². The number of likely N-dealkylation sites (tertiary alicyclic amines) is 2. The Morgan fingerprint density at radius 2 is 1.73 bits per heavy atom. The second kappa shape index (κ2) is 8.26. The topological polar surface area (TPSA) is 93.9 Å². The average Bonchev–Trinajstić information content (AvgIpc) is 2.60. The monoisotopic (exact) mass is 365 g/mol. The second-order valence-electron chi connectivity index (χ2n) is 8.41. The number of piperidine rings is 2. The predicted octanol–water partition coefficient (Wildman–Crippen LogP) is 2.15. The highest BCUT2D eigenvalue weighted by atomic mass is 16.6. The number of aliphatic hydroxyl groups is 1. The Labute approximate surface area is 155 Å². The molecule has 0 aromatic rings. The van der Waals surface area contributed by atoms with Gasteiger partial charge in [0.15, 0.2) is 0 Å². The highest BCUT2D eigenvalue weighted by Gasteiger charge is 2.46. The van der Waals surface area contributed by atoms with Crippen LogP contribution in [0.15, 0.2) is 0 Å². The fourth-order valence-corrected chi connectivity index (χ4v) is 3.68. The molecule has 7 heteroatoms.